The van der Waals surface area contributed by atoms with E-state index in [-0.39, 0.29) is 11.9 Å². The lowest BCUT2D eigenvalue weighted by Gasteiger charge is -2.39. The lowest BCUT2D eigenvalue weighted by molar-refractivity contribution is 0.0601. The van der Waals surface area contributed by atoms with Gasteiger partial charge in [-0.1, -0.05) is 0 Å². The molecule has 1 spiro atoms. The minimum absolute atomic E-state index is 0.159. The van der Waals surface area contributed by atoms with Crippen molar-refractivity contribution in [3.8, 4) is 0 Å². The molecule has 2 saturated heterocycles. The van der Waals surface area contributed by atoms with Crippen LogP contribution in [0.2, 0.25) is 0 Å². The molecule has 1 aromatic rings. The van der Waals surface area contributed by atoms with Gasteiger partial charge in [0, 0.05) is 33.4 Å². The number of carbonyl (C=O) groups excluding carboxylic acids is 1. The summed E-state index contributed by atoms with van der Waals surface area (Å²) < 4.78 is 7.38. The van der Waals surface area contributed by atoms with E-state index in [1.807, 2.05) is 29.9 Å². The van der Waals surface area contributed by atoms with E-state index in [0.717, 1.165) is 24.6 Å². The van der Waals surface area contributed by atoms with E-state index in [1.54, 1.807) is 7.11 Å². The Bertz CT molecular complexity index is 614. The monoisotopic (exact) mass is 345 g/mol. The van der Waals surface area contributed by atoms with Crippen molar-refractivity contribution in [2.24, 2.45) is 18.4 Å². The first-order chi connectivity index (χ1) is 12.1. The highest BCUT2D eigenvalue weighted by atomic mass is 16.5. The van der Waals surface area contributed by atoms with Crippen molar-refractivity contribution in [3.63, 3.8) is 0 Å². The summed E-state index contributed by atoms with van der Waals surface area (Å²) in [5.74, 6) is 1.13. The van der Waals surface area contributed by atoms with E-state index in [4.69, 9.17) is 4.74 Å². The van der Waals surface area contributed by atoms with Gasteiger partial charge in [0.15, 0.2) is 0 Å². The molecule has 1 aromatic heterocycles. The molecule has 2 aliphatic heterocycles. The molecular weight excluding hydrogens is 314 g/mol. The summed E-state index contributed by atoms with van der Waals surface area (Å²) in [6.07, 6.45) is 8.33. The number of hydrogen-bond donors (Lipinski definition) is 0. The number of aromatic nitrogens is 1. The Balaban J connectivity index is 1.45. The van der Waals surface area contributed by atoms with Gasteiger partial charge in [0.05, 0.1) is 12.6 Å². The van der Waals surface area contributed by atoms with E-state index >= 15 is 0 Å². The molecule has 0 N–H and O–H groups in total. The largest absolute Gasteiger partial charge is 0.383 e. The van der Waals surface area contributed by atoms with Crippen LogP contribution in [-0.4, -0.2) is 66.2 Å². The van der Waals surface area contributed by atoms with E-state index in [0.29, 0.717) is 12.0 Å². The maximum atomic E-state index is 13.1. The van der Waals surface area contributed by atoms with Crippen molar-refractivity contribution >= 4 is 5.91 Å². The molecule has 5 heteroatoms. The zero-order valence-corrected chi connectivity index (χ0v) is 15.6. The Morgan fingerprint density at radius 2 is 2.08 bits per heavy atom. The van der Waals surface area contributed by atoms with Crippen LogP contribution in [0.5, 0.6) is 0 Å². The number of rotatable bonds is 5. The van der Waals surface area contributed by atoms with Crippen molar-refractivity contribution in [2.75, 3.05) is 39.9 Å². The summed E-state index contributed by atoms with van der Waals surface area (Å²) in [4.78, 5) is 17.8. The molecule has 0 radical (unpaired) electrons. The van der Waals surface area contributed by atoms with Crippen LogP contribution in [0.3, 0.4) is 0 Å². The molecule has 138 valence electrons. The summed E-state index contributed by atoms with van der Waals surface area (Å²) in [6.45, 7) is 5.22. The average molecular weight is 345 g/mol. The molecule has 1 amide bonds. The van der Waals surface area contributed by atoms with E-state index in [9.17, 15) is 4.79 Å². The number of nitrogens with zero attached hydrogens (tertiary/aromatic N) is 3. The molecule has 1 saturated carbocycles. The maximum Gasteiger partial charge on any atom is 0.270 e. The highest BCUT2D eigenvalue weighted by Gasteiger charge is 2.47. The lowest BCUT2D eigenvalue weighted by atomic mass is 9.76. The van der Waals surface area contributed by atoms with Crippen molar-refractivity contribution in [3.05, 3.63) is 24.0 Å². The Kier molecular flexibility index (Phi) is 4.63. The van der Waals surface area contributed by atoms with Crippen LogP contribution in [-0.2, 0) is 11.8 Å². The van der Waals surface area contributed by atoms with Gasteiger partial charge in [0.1, 0.15) is 5.69 Å². The third kappa shape index (κ3) is 3.49. The summed E-state index contributed by atoms with van der Waals surface area (Å²) in [5.41, 5.74) is 1.08. The minimum Gasteiger partial charge on any atom is -0.383 e. The predicted molar refractivity (Wildman–Crippen MR) is 97.6 cm³/mol. The van der Waals surface area contributed by atoms with Crippen molar-refractivity contribution < 1.29 is 9.53 Å². The number of likely N-dealkylation sites (tertiary alicyclic amines) is 2. The first-order valence-corrected chi connectivity index (χ1v) is 9.74. The fraction of sp³-hybridized carbons (Fsp3) is 0.750. The Labute approximate surface area is 150 Å². The third-order valence-electron chi connectivity index (χ3n) is 6.53. The quantitative estimate of drug-likeness (QED) is 0.822. The Morgan fingerprint density at radius 3 is 2.68 bits per heavy atom. The topological polar surface area (TPSA) is 37.7 Å². The molecule has 0 bridgehead atoms. The highest BCUT2D eigenvalue weighted by Crippen LogP contribution is 2.44. The molecule has 25 heavy (non-hydrogen) atoms. The molecule has 0 aromatic carbocycles. The van der Waals surface area contributed by atoms with Crippen LogP contribution in [0.1, 0.15) is 42.6 Å². The number of methoxy groups -OCH3 is 1. The van der Waals surface area contributed by atoms with Gasteiger partial charge in [0.2, 0.25) is 0 Å². The molecule has 3 aliphatic rings. The summed E-state index contributed by atoms with van der Waals surface area (Å²) >= 11 is 0. The van der Waals surface area contributed by atoms with E-state index in [2.05, 4.69) is 9.80 Å². The normalized spacial score (nSPS) is 26.5. The highest BCUT2D eigenvalue weighted by molar-refractivity contribution is 5.93. The van der Waals surface area contributed by atoms with Gasteiger partial charge in [-0.25, -0.2) is 0 Å². The van der Waals surface area contributed by atoms with Crippen LogP contribution < -0.4 is 0 Å². The molecule has 5 nitrogen and oxygen atoms in total. The van der Waals surface area contributed by atoms with Crippen LogP contribution in [0.4, 0.5) is 0 Å². The fourth-order valence-electron chi connectivity index (χ4n) is 4.81. The SMILES string of the molecule is COC[C@H]1CC2(CCN(CC3CC3)CC2)CN1C(=O)c1cccn1C. The van der Waals surface area contributed by atoms with Crippen LogP contribution in [0.25, 0.3) is 0 Å². The molecule has 4 rings (SSSR count). The molecule has 0 unspecified atom stereocenters. The number of carbonyl (C=O) groups is 1. The maximum absolute atomic E-state index is 13.1. The van der Waals surface area contributed by atoms with Crippen LogP contribution >= 0.6 is 0 Å². The standard InChI is InChI=1S/C20H31N3O2/c1-21-9-3-4-18(21)19(24)23-15-20(12-17(23)14-25-2)7-10-22(11-8-20)13-16-5-6-16/h3-4,9,16-17H,5-8,10-15H2,1-2H3/t17-/m1/s1. The zero-order valence-electron chi connectivity index (χ0n) is 15.6. The second-order valence-corrected chi connectivity index (χ2v) is 8.49. The lowest BCUT2D eigenvalue weighted by Crippen LogP contribution is -2.43. The van der Waals surface area contributed by atoms with Crippen molar-refractivity contribution in [1.29, 1.82) is 0 Å². The van der Waals surface area contributed by atoms with Crippen LogP contribution in [0.15, 0.2) is 18.3 Å². The van der Waals surface area contributed by atoms with Gasteiger partial charge in [-0.15, -0.1) is 0 Å². The van der Waals surface area contributed by atoms with Crippen molar-refractivity contribution in [1.82, 2.24) is 14.4 Å². The number of ether oxygens (including phenoxy) is 1. The zero-order chi connectivity index (χ0) is 17.4. The Hall–Kier alpha value is -1.33. The van der Waals surface area contributed by atoms with E-state index in [1.165, 1.54) is 45.3 Å². The first kappa shape index (κ1) is 17.1. The number of amides is 1. The molecule has 3 heterocycles. The first-order valence-electron chi connectivity index (χ1n) is 9.74. The molecule has 1 aliphatic carbocycles. The Morgan fingerprint density at radius 1 is 1.32 bits per heavy atom. The molecular formula is C20H31N3O2. The number of hydrogen-bond acceptors (Lipinski definition) is 3. The summed E-state index contributed by atoms with van der Waals surface area (Å²) in [5, 5.41) is 0. The van der Waals surface area contributed by atoms with Gasteiger partial charge in [-0.05, 0) is 68.7 Å². The molecule has 3 fully saturated rings. The minimum atomic E-state index is 0.159. The number of piperidine rings is 1. The summed E-state index contributed by atoms with van der Waals surface area (Å²) in [6, 6.07) is 4.08. The second kappa shape index (κ2) is 6.76. The van der Waals surface area contributed by atoms with Gasteiger partial charge in [-0.3, -0.25) is 4.79 Å². The van der Waals surface area contributed by atoms with Gasteiger partial charge in [-0.2, -0.15) is 0 Å². The number of aryl methyl sites for hydroxylation is 1. The second-order valence-electron chi connectivity index (χ2n) is 8.49. The predicted octanol–water partition coefficient (Wildman–Crippen LogP) is 2.38. The summed E-state index contributed by atoms with van der Waals surface area (Å²) in [7, 11) is 3.69. The van der Waals surface area contributed by atoms with Gasteiger partial charge >= 0.3 is 0 Å². The van der Waals surface area contributed by atoms with Crippen molar-refractivity contribution in [2.45, 2.75) is 38.1 Å². The van der Waals surface area contributed by atoms with Gasteiger partial charge < -0.3 is 19.1 Å². The fourth-order valence-corrected chi connectivity index (χ4v) is 4.81. The third-order valence-corrected chi connectivity index (χ3v) is 6.53. The average Bonchev–Trinajstić information content (AvgIpc) is 3.21. The smallest absolute Gasteiger partial charge is 0.270 e. The van der Waals surface area contributed by atoms with Gasteiger partial charge in [0.25, 0.3) is 5.91 Å². The van der Waals surface area contributed by atoms with Crippen LogP contribution in [0, 0.1) is 11.3 Å². The molecule has 1 atom stereocenters. The van der Waals surface area contributed by atoms with E-state index < -0.39 is 0 Å².